The van der Waals surface area contributed by atoms with Gasteiger partial charge in [-0.3, -0.25) is 18.6 Å². The van der Waals surface area contributed by atoms with Crippen molar-refractivity contribution in [2.45, 2.75) is 180 Å². The Hall–Kier alpha value is -2.25. The summed E-state index contributed by atoms with van der Waals surface area (Å²) >= 11 is 0. The molecule has 2 atom stereocenters. The zero-order chi connectivity index (χ0) is 38.2. The maximum absolute atomic E-state index is 12.5. The number of unbranched alkanes of at least 4 members (excludes halogenated alkanes) is 16. The molecular weight excluding hydrogens is 675 g/mol. The molecule has 0 aliphatic rings. The van der Waals surface area contributed by atoms with E-state index in [4.69, 9.17) is 14.0 Å². The van der Waals surface area contributed by atoms with Crippen LogP contribution in [0.2, 0.25) is 0 Å². The number of esters is 2. The van der Waals surface area contributed by atoms with Crippen molar-refractivity contribution in [3.05, 3.63) is 60.8 Å². The highest BCUT2D eigenvalue weighted by atomic mass is 31.2. The van der Waals surface area contributed by atoms with E-state index >= 15 is 0 Å². The summed E-state index contributed by atoms with van der Waals surface area (Å²) in [4.78, 5) is 34.4. The lowest BCUT2D eigenvalue weighted by Crippen LogP contribution is -2.29. The van der Waals surface area contributed by atoms with E-state index in [2.05, 4.69) is 79.1 Å². The molecule has 9 heteroatoms. The van der Waals surface area contributed by atoms with E-state index in [1.54, 1.807) is 0 Å². The van der Waals surface area contributed by atoms with Gasteiger partial charge in [-0.2, -0.15) is 0 Å². The summed E-state index contributed by atoms with van der Waals surface area (Å²) in [6.07, 6.45) is 46.9. The first-order valence-corrected chi connectivity index (χ1v) is 22.0. The Balaban J connectivity index is 4.07. The summed E-state index contributed by atoms with van der Waals surface area (Å²) in [6, 6.07) is 0. The average Bonchev–Trinajstić information content (AvgIpc) is 3.13. The molecule has 0 saturated carbocycles. The first kappa shape index (κ1) is 49.8. The van der Waals surface area contributed by atoms with Gasteiger partial charge in [0, 0.05) is 20.0 Å². The van der Waals surface area contributed by atoms with Crippen LogP contribution in [0.4, 0.5) is 0 Å². The van der Waals surface area contributed by atoms with Crippen LogP contribution >= 0.6 is 7.82 Å². The zero-order valence-electron chi connectivity index (χ0n) is 33.2. The SMILES string of the molecule is CC/C=C\C/C=C\C/C=C\CCCCCCCCCC(=O)OC(COC(=O)CCCCCCC/C=C\C/C=C\CCCCCC)COP(=O)(O)OC. The summed E-state index contributed by atoms with van der Waals surface area (Å²) in [7, 11) is -3.21. The van der Waals surface area contributed by atoms with Gasteiger partial charge in [-0.05, 0) is 77.0 Å². The van der Waals surface area contributed by atoms with Gasteiger partial charge in [0.1, 0.15) is 6.61 Å². The first-order chi connectivity index (χ1) is 25.3. The van der Waals surface area contributed by atoms with Crippen LogP contribution in [0.1, 0.15) is 174 Å². The molecular formula is C43H75O8P. The van der Waals surface area contributed by atoms with Gasteiger partial charge in [0.05, 0.1) is 6.61 Å². The Kier molecular flexibility index (Phi) is 36.8. The Morgan fingerprint density at radius 1 is 0.558 bits per heavy atom. The van der Waals surface area contributed by atoms with E-state index in [1.807, 2.05) is 0 Å². The molecule has 0 fully saturated rings. The molecule has 0 bridgehead atoms. The normalized spacial score (nSPS) is 14.0. The number of hydrogen-bond donors (Lipinski definition) is 1. The van der Waals surface area contributed by atoms with E-state index in [0.29, 0.717) is 6.42 Å². The molecule has 300 valence electrons. The summed E-state index contributed by atoms with van der Waals surface area (Å²) in [5.74, 6) is -0.835. The smallest absolute Gasteiger partial charge is 0.462 e. The van der Waals surface area contributed by atoms with Crippen LogP contribution in [0, 0.1) is 0 Å². The molecule has 0 saturated heterocycles. The number of rotatable bonds is 37. The largest absolute Gasteiger partial charge is 0.472 e. The summed E-state index contributed by atoms with van der Waals surface area (Å²) in [5.41, 5.74) is 0. The second-order valence-electron chi connectivity index (χ2n) is 13.4. The fourth-order valence-corrected chi connectivity index (χ4v) is 5.81. The average molecular weight is 751 g/mol. The van der Waals surface area contributed by atoms with Gasteiger partial charge in [-0.15, -0.1) is 0 Å². The van der Waals surface area contributed by atoms with Crippen molar-refractivity contribution < 1.29 is 37.6 Å². The van der Waals surface area contributed by atoms with Crippen molar-refractivity contribution in [1.29, 1.82) is 0 Å². The highest BCUT2D eigenvalue weighted by molar-refractivity contribution is 7.47. The van der Waals surface area contributed by atoms with Crippen molar-refractivity contribution in [3.8, 4) is 0 Å². The number of hydrogen-bond acceptors (Lipinski definition) is 7. The Bertz CT molecular complexity index is 1030. The molecule has 0 aliphatic heterocycles. The van der Waals surface area contributed by atoms with Crippen LogP contribution in [-0.4, -0.2) is 43.3 Å². The van der Waals surface area contributed by atoms with Gasteiger partial charge in [-0.1, -0.05) is 145 Å². The second-order valence-corrected chi connectivity index (χ2v) is 14.9. The number of allylic oxidation sites excluding steroid dienone is 10. The highest BCUT2D eigenvalue weighted by Gasteiger charge is 2.24. The van der Waals surface area contributed by atoms with E-state index in [-0.39, 0.29) is 25.4 Å². The predicted molar refractivity (Wildman–Crippen MR) is 216 cm³/mol. The molecule has 0 aromatic carbocycles. The third-order valence-corrected chi connectivity index (χ3v) is 9.43. The maximum Gasteiger partial charge on any atom is 0.472 e. The molecule has 0 rings (SSSR count). The lowest BCUT2D eigenvalue weighted by Gasteiger charge is -2.19. The zero-order valence-corrected chi connectivity index (χ0v) is 34.1. The third-order valence-electron chi connectivity index (χ3n) is 8.50. The van der Waals surface area contributed by atoms with Crippen LogP contribution in [0.25, 0.3) is 0 Å². The van der Waals surface area contributed by atoms with Crippen LogP contribution in [0.5, 0.6) is 0 Å². The van der Waals surface area contributed by atoms with Crippen molar-refractivity contribution in [3.63, 3.8) is 0 Å². The van der Waals surface area contributed by atoms with Gasteiger partial charge >= 0.3 is 19.8 Å². The third kappa shape index (κ3) is 37.5. The minimum absolute atomic E-state index is 0.228. The quantitative estimate of drug-likeness (QED) is 0.0289. The molecule has 8 nitrogen and oxygen atoms in total. The Morgan fingerprint density at radius 2 is 0.981 bits per heavy atom. The second kappa shape index (κ2) is 38.5. The summed E-state index contributed by atoms with van der Waals surface area (Å²) < 4.78 is 31.9. The molecule has 0 radical (unpaired) electrons. The number of ether oxygens (including phenoxy) is 2. The van der Waals surface area contributed by atoms with Crippen LogP contribution < -0.4 is 0 Å². The number of carbonyl (C=O) groups excluding carboxylic acids is 2. The molecule has 0 aromatic heterocycles. The van der Waals surface area contributed by atoms with Crippen LogP contribution in [0.3, 0.4) is 0 Å². The van der Waals surface area contributed by atoms with E-state index in [9.17, 15) is 19.0 Å². The number of phosphoric acid groups is 1. The summed E-state index contributed by atoms with van der Waals surface area (Å²) in [6.45, 7) is 3.73. The van der Waals surface area contributed by atoms with Gasteiger partial charge in [-0.25, -0.2) is 4.57 Å². The molecule has 2 unspecified atom stereocenters. The number of phosphoric ester groups is 1. The van der Waals surface area contributed by atoms with Crippen molar-refractivity contribution in [1.82, 2.24) is 0 Å². The van der Waals surface area contributed by atoms with E-state index in [0.717, 1.165) is 97.0 Å². The molecule has 0 amide bonds. The molecule has 1 N–H and O–H groups in total. The molecule has 0 heterocycles. The van der Waals surface area contributed by atoms with E-state index < -0.39 is 26.5 Å². The Morgan fingerprint density at radius 3 is 1.46 bits per heavy atom. The highest BCUT2D eigenvalue weighted by Crippen LogP contribution is 2.42. The first-order valence-electron chi connectivity index (χ1n) is 20.5. The molecule has 0 spiro atoms. The van der Waals surface area contributed by atoms with Crippen LogP contribution in [-0.2, 0) is 32.7 Å². The molecule has 0 aromatic rings. The lowest BCUT2D eigenvalue weighted by molar-refractivity contribution is -0.161. The predicted octanol–water partition coefficient (Wildman–Crippen LogP) is 12.8. The maximum atomic E-state index is 12.5. The fourth-order valence-electron chi connectivity index (χ4n) is 5.35. The Labute approximate surface area is 318 Å². The molecule has 52 heavy (non-hydrogen) atoms. The van der Waals surface area contributed by atoms with Gasteiger partial charge in [0.15, 0.2) is 6.10 Å². The summed E-state index contributed by atoms with van der Waals surface area (Å²) in [5, 5.41) is 0. The molecule has 0 aliphatic carbocycles. The van der Waals surface area contributed by atoms with Gasteiger partial charge < -0.3 is 14.4 Å². The van der Waals surface area contributed by atoms with Gasteiger partial charge in [0.25, 0.3) is 0 Å². The minimum Gasteiger partial charge on any atom is -0.462 e. The monoisotopic (exact) mass is 751 g/mol. The van der Waals surface area contributed by atoms with Crippen LogP contribution in [0.15, 0.2) is 60.8 Å². The van der Waals surface area contributed by atoms with Crippen molar-refractivity contribution >= 4 is 19.8 Å². The fraction of sp³-hybridized carbons (Fsp3) is 0.721. The number of carbonyl (C=O) groups is 2. The lowest BCUT2D eigenvalue weighted by atomic mass is 10.1. The standard InChI is InChI=1S/C43H75O8P/c1-4-6-8-10-12-14-16-18-20-22-24-26-28-30-32-34-36-38-43(45)51-41(40-50-52(46,47)48-3)39-49-42(44)37-35-33-31-29-27-25-23-21-19-17-15-13-11-9-7-5-2/h6,8,12,14-15,17-18,20-21,23,41H,4-5,7,9-11,13,16,19,22,24-40H2,1-3H3,(H,46,47)/b8-6-,14-12-,17-15-,20-18-,23-21-. The topological polar surface area (TPSA) is 108 Å². The van der Waals surface area contributed by atoms with Crippen molar-refractivity contribution in [2.24, 2.45) is 0 Å². The minimum atomic E-state index is -4.27. The van der Waals surface area contributed by atoms with E-state index in [1.165, 1.54) is 51.4 Å². The van der Waals surface area contributed by atoms with Gasteiger partial charge in [0.2, 0.25) is 0 Å². The van der Waals surface area contributed by atoms with Crippen molar-refractivity contribution in [2.75, 3.05) is 20.3 Å².